The fourth-order valence-corrected chi connectivity index (χ4v) is 4.70. The molecule has 1 heterocycles. The largest absolute Gasteiger partial charge is 0.344 e. The molecule has 192 valence electrons. The lowest BCUT2D eigenvalue weighted by Crippen LogP contribution is -2.47. The van der Waals surface area contributed by atoms with Crippen molar-refractivity contribution >= 4 is 23.5 Å². The summed E-state index contributed by atoms with van der Waals surface area (Å²) >= 11 is 0. The zero-order chi connectivity index (χ0) is 26.2. The third-order valence-corrected chi connectivity index (χ3v) is 6.74. The Morgan fingerprint density at radius 3 is 2.46 bits per heavy atom. The Bertz CT molecular complexity index is 1260. The van der Waals surface area contributed by atoms with Crippen LogP contribution < -0.4 is 20.9 Å². The fraction of sp³-hybridized carbons (Fsp3) is 0.300. The second-order valence-electron chi connectivity index (χ2n) is 9.18. The van der Waals surface area contributed by atoms with Crippen molar-refractivity contribution in [2.75, 3.05) is 18.5 Å². The van der Waals surface area contributed by atoms with Gasteiger partial charge in [-0.2, -0.15) is 0 Å². The average molecular weight is 499 g/mol. The molecule has 4 rings (SSSR count). The van der Waals surface area contributed by atoms with Crippen LogP contribution in [0.5, 0.6) is 0 Å². The number of hydrogen-bond donors (Lipinski definition) is 3. The van der Waals surface area contributed by atoms with E-state index in [-0.39, 0.29) is 17.8 Å². The van der Waals surface area contributed by atoms with E-state index in [1.807, 2.05) is 30.3 Å². The Hall–Kier alpha value is -4.13. The molecule has 0 fully saturated rings. The van der Waals surface area contributed by atoms with Crippen LogP contribution in [0, 0.1) is 0 Å². The molecule has 4 amide bonds. The quantitative estimate of drug-likeness (QED) is 0.435. The average Bonchev–Trinajstić information content (AvgIpc) is 3.06. The molecule has 0 saturated heterocycles. The van der Waals surface area contributed by atoms with E-state index in [9.17, 15) is 14.4 Å². The normalized spacial score (nSPS) is 14.9. The second kappa shape index (κ2) is 12.2. The minimum absolute atomic E-state index is 0.0789. The Morgan fingerprint density at radius 2 is 1.70 bits per heavy atom. The lowest BCUT2D eigenvalue weighted by molar-refractivity contribution is -0.127. The van der Waals surface area contributed by atoms with Crippen LogP contribution in [0.25, 0.3) is 11.1 Å². The van der Waals surface area contributed by atoms with Gasteiger partial charge in [-0.3, -0.25) is 9.59 Å². The first kappa shape index (κ1) is 25.9. The van der Waals surface area contributed by atoms with Gasteiger partial charge in [-0.1, -0.05) is 73.7 Å². The summed E-state index contributed by atoms with van der Waals surface area (Å²) in [5.41, 5.74) is 6.37. The number of nitrogens with one attached hydrogen (secondary N) is 3. The van der Waals surface area contributed by atoms with Gasteiger partial charge in [0.25, 0.3) is 0 Å². The summed E-state index contributed by atoms with van der Waals surface area (Å²) in [5.74, 6) is -0.192. The standard InChI is InChI=1S/C30H34N4O3/c1-3-28(35)33-26-17-16-24-9-5-7-11-27(24)34(29(26)36)20-21-12-14-23(15-13-21)25-10-6-4-8-22(25)18-19-32-30(37)31-2/h4-15,26H,3,16-20H2,1-2H3,(H,33,35)(H2,31,32,37)/t26-/m1/s1. The maximum atomic E-state index is 13.5. The van der Waals surface area contributed by atoms with Crippen molar-refractivity contribution in [2.45, 2.75) is 45.2 Å². The predicted molar refractivity (Wildman–Crippen MR) is 146 cm³/mol. The number of para-hydroxylation sites is 1. The number of amides is 4. The van der Waals surface area contributed by atoms with E-state index >= 15 is 0 Å². The van der Waals surface area contributed by atoms with Gasteiger partial charge in [0.05, 0.1) is 6.54 Å². The third kappa shape index (κ3) is 6.36. The molecule has 37 heavy (non-hydrogen) atoms. The Kier molecular flexibility index (Phi) is 8.56. The number of nitrogens with zero attached hydrogens (tertiary/aromatic N) is 1. The van der Waals surface area contributed by atoms with E-state index in [1.165, 1.54) is 0 Å². The van der Waals surface area contributed by atoms with E-state index in [0.717, 1.165) is 46.3 Å². The highest BCUT2D eigenvalue weighted by Crippen LogP contribution is 2.30. The molecule has 0 bridgehead atoms. The van der Waals surface area contributed by atoms with Gasteiger partial charge in [0.1, 0.15) is 6.04 Å². The Morgan fingerprint density at radius 1 is 0.973 bits per heavy atom. The van der Waals surface area contributed by atoms with Crippen molar-refractivity contribution in [1.29, 1.82) is 0 Å². The molecule has 0 spiro atoms. The molecule has 7 heteroatoms. The number of aryl methyl sites for hydroxylation is 1. The summed E-state index contributed by atoms with van der Waals surface area (Å²) in [7, 11) is 1.60. The molecule has 0 unspecified atom stereocenters. The van der Waals surface area contributed by atoms with Crippen LogP contribution in [-0.4, -0.2) is 37.5 Å². The van der Waals surface area contributed by atoms with E-state index in [2.05, 4.69) is 58.4 Å². The second-order valence-corrected chi connectivity index (χ2v) is 9.18. The highest BCUT2D eigenvalue weighted by atomic mass is 16.2. The summed E-state index contributed by atoms with van der Waals surface area (Å²) in [6.45, 7) is 2.76. The molecule has 0 aliphatic carbocycles. The Balaban J connectivity index is 1.54. The number of carbonyl (C=O) groups is 3. The fourth-order valence-electron chi connectivity index (χ4n) is 4.70. The van der Waals surface area contributed by atoms with Crippen LogP contribution in [0.4, 0.5) is 10.5 Å². The number of anilines is 1. The predicted octanol–water partition coefficient (Wildman–Crippen LogP) is 4.20. The lowest BCUT2D eigenvalue weighted by Gasteiger charge is -2.26. The summed E-state index contributed by atoms with van der Waals surface area (Å²) in [6.07, 6.45) is 2.39. The van der Waals surface area contributed by atoms with Crippen molar-refractivity contribution in [3.8, 4) is 11.1 Å². The summed E-state index contributed by atoms with van der Waals surface area (Å²) in [6, 6.07) is 23.7. The Labute approximate surface area is 218 Å². The van der Waals surface area contributed by atoms with Crippen LogP contribution in [-0.2, 0) is 29.0 Å². The number of urea groups is 1. The zero-order valence-corrected chi connectivity index (χ0v) is 21.4. The molecule has 1 atom stereocenters. The van der Waals surface area contributed by atoms with Crippen LogP contribution in [0.3, 0.4) is 0 Å². The maximum Gasteiger partial charge on any atom is 0.314 e. The molecule has 3 aromatic rings. The van der Waals surface area contributed by atoms with Crippen LogP contribution in [0.2, 0.25) is 0 Å². The molecule has 1 aliphatic heterocycles. The van der Waals surface area contributed by atoms with Gasteiger partial charge in [-0.05, 0) is 53.1 Å². The van der Waals surface area contributed by atoms with Crippen LogP contribution in [0.15, 0.2) is 72.8 Å². The third-order valence-electron chi connectivity index (χ3n) is 6.74. The van der Waals surface area contributed by atoms with Gasteiger partial charge >= 0.3 is 6.03 Å². The van der Waals surface area contributed by atoms with Crippen molar-refractivity contribution in [1.82, 2.24) is 16.0 Å². The number of benzene rings is 3. The molecule has 0 aromatic heterocycles. The summed E-state index contributed by atoms with van der Waals surface area (Å²) in [5, 5.41) is 8.32. The number of rotatable bonds is 8. The highest BCUT2D eigenvalue weighted by molar-refractivity contribution is 6.00. The first-order chi connectivity index (χ1) is 18.0. The molecular formula is C30H34N4O3. The van der Waals surface area contributed by atoms with E-state index in [4.69, 9.17) is 0 Å². The zero-order valence-electron chi connectivity index (χ0n) is 21.4. The van der Waals surface area contributed by atoms with Crippen LogP contribution >= 0.6 is 0 Å². The summed E-state index contributed by atoms with van der Waals surface area (Å²) in [4.78, 5) is 38.9. The van der Waals surface area contributed by atoms with Crippen molar-refractivity contribution in [2.24, 2.45) is 0 Å². The minimum atomic E-state index is -0.533. The first-order valence-electron chi connectivity index (χ1n) is 12.8. The van der Waals surface area contributed by atoms with Gasteiger partial charge in [0, 0.05) is 25.7 Å². The van der Waals surface area contributed by atoms with Gasteiger partial charge in [0.15, 0.2) is 0 Å². The highest BCUT2D eigenvalue weighted by Gasteiger charge is 2.31. The van der Waals surface area contributed by atoms with Crippen molar-refractivity contribution < 1.29 is 14.4 Å². The molecule has 3 aromatic carbocycles. The molecular weight excluding hydrogens is 464 g/mol. The lowest BCUT2D eigenvalue weighted by atomic mass is 9.96. The number of fused-ring (bicyclic) bond motifs is 1. The van der Waals surface area contributed by atoms with Gasteiger partial charge < -0.3 is 20.9 Å². The number of carbonyl (C=O) groups excluding carboxylic acids is 3. The van der Waals surface area contributed by atoms with Crippen LogP contribution in [0.1, 0.15) is 36.5 Å². The maximum absolute atomic E-state index is 13.5. The van der Waals surface area contributed by atoms with Crippen molar-refractivity contribution in [3.63, 3.8) is 0 Å². The first-order valence-corrected chi connectivity index (χ1v) is 12.8. The monoisotopic (exact) mass is 498 g/mol. The summed E-state index contributed by atoms with van der Waals surface area (Å²) < 4.78 is 0. The molecule has 3 N–H and O–H groups in total. The molecule has 0 radical (unpaired) electrons. The minimum Gasteiger partial charge on any atom is -0.344 e. The topological polar surface area (TPSA) is 90.5 Å². The van der Waals surface area contributed by atoms with Gasteiger partial charge in [-0.15, -0.1) is 0 Å². The molecule has 1 aliphatic rings. The molecule has 7 nitrogen and oxygen atoms in total. The van der Waals surface area contributed by atoms with Crippen molar-refractivity contribution in [3.05, 3.63) is 89.5 Å². The molecule has 0 saturated carbocycles. The number of hydrogen-bond acceptors (Lipinski definition) is 3. The smallest absolute Gasteiger partial charge is 0.314 e. The van der Waals surface area contributed by atoms with E-state index in [0.29, 0.717) is 25.9 Å². The van der Waals surface area contributed by atoms with Gasteiger partial charge in [0.2, 0.25) is 11.8 Å². The van der Waals surface area contributed by atoms with E-state index in [1.54, 1.807) is 18.9 Å². The SMILES string of the molecule is CCC(=O)N[C@@H]1CCc2ccccc2N(Cc2ccc(-c3ccccc3CCNC(=O)NC)cc2)C1=O. The van der Waals surface area contributed by atoms with Gasteiger partial charge in [-0.25, -0.2) is 4.79 Å². The van der Waals surface area contributed by atoms with E-state index < -0.39 is 6.04 Å².